The third-order valence-corrected chi connectivity index (χ3v) is 4.55. The molecule has 0 bridgehead atoms. The molecule has 2 aromatic rings. The standard InChI is InChI=1S/C11H16N4S2/c1-7(12)10-8(2)14-11(17-10)15(3)4-9-5-16-6-13-9/h5-7H,4,12H2,1-3H3. The van der Waals surface area contributed by atoms with Gasteiger partial charge in [0.1, 0.15) is 0 Å². The molecule has 0 aliphatic rings. The van der Waals surface area contributed by atoms with Crippen LogP contribution in [0.3, 0.4) is 0 Å². The highest BCUT2D eigenvalue weighted by molar-refractivity contribution is 7.15. The molecule has 2 heterocycles. The van der Waals surface area contributed by atoms with Crippen molar-refractivity contribution < 1.29 is 0 Å². The summed E-state index contributed by atoms with van der Waals surface area (Å²) in [6.07, 6.45) is 0. The van der Waals surface area contributed by atoms with E-state index in [0.29, 0.717) is 0 Å². The lowest BCUT2D eigenvalue weighted by Crippen LogP contribution is -2.16. The lowest BCUT2D eigenvalue weighted by Gasteiger charge is -2.13. The summed E-state index contributed by atoms with van der Waals surface area (Å²) in [5.74, 6) is 0. The SMILES string of the molecule is Cc1nc(N(C)Cc2cscn2)sc1C(C)N. The van der Waals surface area contributed by atoms with Crippen molar-refractivity contribution in [2.45, 2.75) is 26.4 Å². The average molecular weight is 268 g/mol. The van der Waals surface area contributed by atoms with E-state index in [1.165, 1.54) is 0 Å². The third-order valence-electron chi connectivity index (χ3n) is 2.44. The van der Waals surface area contributed by atoms with E-state index < -0.39 is 0 Å². The van der Waals surface area contributed by atoms with Gasteiger partial charge < -0.3 is 10.6 Å². The Bertz CT molecular complexity index is 476. The van der Waals surface area contributed by atoms with Gasteiger partial charge in [0.15, 0.2) is 5.13 Å². The Balaban J connectivity index is 2.14. The molecule has 0 aromatic carbocycles. The summed E-state index contributed by atoms with van der Waals surface area (Å²) in [6.45, 7) is 4.79. The van der Waals surface area contributed by atoms with Gasteiger partial charge in [-0.1, -0.05) is 0 Å². The molecule has 0 fully saturated rings. The Morgan fingerprint density at radius 3 is 2.82 bits per heavy atom. The van der Waals surface area contributed by atoms with Gasteiger partial charge in [0.2, 0.25) is 0 Å². The monoisotopic (exact) mass is 268 g/mol. The molecule has 1 unspecified atom stereocenters. The topological polar surface area (TPSA) is 55.0 Å². The maximum absolute atomic E-state index is 5.91. The molecule has 0 spiro atoms. The van der Waals surface area contributed by atoms with E-state index >= 15 is 0 Å². The van der Waals surface area contributed by atoms with Crippen molar-refractivity contribution in [2.24, 2.45) is 5.73 Å². The summed E-state index contributed by atoms with van der Waals surface area (Å²) in [5.41, 5.74) is 9.87. The molecule has 0 aliphatic carbocycles. The molecule has 0 saturated carbocycles. The van der Waals surface area contributed by atoms with Crippen LogP contribution in [-0.4, -0.2) is 17.0 Å². The lowest BCUT2D eigenvalue weighted by atomic mass is 10.2. The van der Waals surface area contributed by atoms with E-state index in [1.54, 1.807) is 22.7 Å². The van der Waals surface area contributed by atoms with Crippen molar-refractivity contribution in [3.8, 4) is 0 Å². The van der Waals surface area contributed by atoms with Gasteiger partial charge in [0.25, 0.3) is 0 Å². The molecular formula is C11H16N4S2. The number of aryl methyl sites for hydroxylation is 1. The number of thiazole rings is 2. The molecule has 0 amide bonds. The molecule has 0 radical (unpaired) electrons. The van der Waals surface area contributed by atoms with E-state index in [9.17, 15) is 0 Å². The van der Waals surface area contributed by atoms with Crippen LogP contribution in [0.4, 0.5) is 5.13 Å². The Labute approximate surface area is 109 Å². The fraction of sp³-hybridized carbons (Fsp3) is 0.455. The van der Waals surface area contributed by atoms with Crippen LogP contribution in [0.15, 0.2) is 10.9 Å². The average Bonchev–Trinajstić information content (AvgIpc) is 2.86. The molecule has 2 rings (SSSR count). The van der Waals surface area contributed by atoms with Crippen LogP contribution in [0.25, 0.3) is 0 Å². The lowest BCUT2D eigenvalue weighted by molar-refractivity contribution is 0.824. The fourth-order valence-electron chi connectivity index (χ4n) is 1.61. The van der Waals surface area contributed by atoms with Crippen molar-refractivity contribution in [3.05, 3.63) is 27.2 Å². The molecule has 0 aliphatic heterocycles. The normalized spacial score (nSPS) is 12.7. The third kappa shape index (κ3) is 2.83. The molecule has 6 heteroatoms. The largest absolute Gasteiger partial charge is 0.345 e. The van der Waals surface area contributed by atoms with Crippen LogP contribution in [0.2, 0.25) is 0 Å². The molecule has 1 atom stereocenters. The maximum atomic E-state index is 5.91. The maximum Gasteiger partial charge on any atom is 0.185 e. The zero-order valence-corrected chi connectivity index (χ0v) is 11.8. The predicted molar refractivity (Wildman–Crippen MR) is 73.7 cm³/mol. The van der Waals surface area contributed by atoms with E-state index in [4.69, 9.17) is 5.73 Å². The van der Waals surface area contributed by atoms with Crippen LogP contribution in [0, 0.1) is 6.92 Å². The first-order valence-electron chi connectivity index (χ1n) is 5.39. The van der Waals surface area contributed by atoms with Crippen molar-refractivity contribution in [3.63, 3.8) is 0 Å². The summed E-state index contributed by atoms with van der Waals surface area (Å²) in [5, 5.41) is 3.06. The molecule has 92 valence electrons. The van der Waals surface area contributed by atoms with Gasteiger partial charge in [-0.05, 0) is 13.8 Å². The second-order valence-corrected chi connectivity index (χ2v) is 5.80. The molecule has 0 saturated heterocycles. The zero-order chi connectivity index (χ0) is 12.4. The fourth-order valence-corrected chi connectivity index (χ4v) is 3.13. The van der Waals surface area contributed by atoms with E-state index in [0.717, 1.165) is 27.9 Å². The minimum atomic E-state index is 0.0499. The number of nitrogens with zero attached hydrogens (tertiary/aromatic N) is 3. The number of rotatable bonds is 4. The van der Waals surface area contributed by atoms with Crippen LogP contribution in [0.1, 0.15) is 29.2 Å². The Morgan fingerprint density at radius 2 is 2.29 bits per heavy atom. The van der Waals surface area contributed by atoms with E-state index in [2.05, 4.69) is 20.2 Å². The summed E-state index contributed by atoms with van der Waals surface area (Å²) in [6, 6.07) is 0.0499. The van der Waals surface area contributed by atoms with Gasteiger partial charge in [-0.25, -0.2) is 9.97 Å². The van der Waals surface area contributed by atoms with Crippen molar-refractivity contribution in [1.29, 1.82) is 0 Å². The highest BCUT2D eigenvalue weighted by atomic mass is 32.1. The number of nitrogens with two attached hydrogens (primary N) is 1. The van der Waals surface area contributed by atoms with Gasteiger partial charge >= 0.3 is 0 Å². The van der Waals surface area contributed by atoms with E-state index in [-0.39, 0.29) is 6.04 Å². The molecule has 4 nitrogen and oxygen atoms in total. The number of hydrogen-bond donors (Lipinski definition) is 1. The van der Waals surface area contributed by atoms with Crippen LogP contribution >= 0.6 is 22.7 Å². The quantitative estimate of drug-likeness (QED) is 0.926. The Morgan fingerprint density at radius 1 is 1.53 bits per heavy atom. The van der Waals surface area contributed by atoms with Crippen LogP contribution < -0.4 is 10.6 Å². The predicted octanol–water partition coefficient (Wildman–Crippen LogP) is 2.56. The first-order valence-corrected chi connectivity index (χ1v) is 7.15. The van der Waals surface area contributed by atoms with E-state index in [1.807, 2.05) is 26.4 Å². The Hall–Kier alpha value is -0.980. The number of hydrogen-bond acceptors (Lipinski definition) is 6. The van der Waals surface area contributed by atoms with Gasteiger partial charge in [0.05, 0.1) is 23.4 Å². The van der Waals surface area contributed by atoms with Gasteiger partial charge in [-0.15, -0.1) is 22.7 Å². The summed E-state index contributed by atoms with van der Waals surface area (Å²) in [4.78, 5) is 12.1. The molecule has 17 heavy (non-hydrogen) atoms. The van der Waals surface area contributed by atoms with Crippen LogP contribution in [0.5, 0.6) is 0 Å². The summed E-state index contributed by atoms with van der Waals surface area (Å²) in [7, 11) is 2.03. The van der Waals surface area contributed by atoms with Gasteiger partial charge in [-0.3, -0.25) is 0 Å². The number of aromatic nitrogens is 2. The highest BCUT2D eigenvalue weighted by Gasteiger charge is 2.14. The zero-order valence-electron chi connectivity index (χ0n) is 10.2. The van der Waals surface area contributed by atoms with Gasteiger partial charge in [-0.2, -0.15) is 0 Å². The van der Waals surface area contributed by atoms with Crippen molar-refractivity contribution in [2.75, 3.05) is 11.9 Å². The van der Waals surface area contributed by atoms with Gasteiger partial charge in [0, 0.05) is 23.3 Å². The molecule has 2 N–H and O–H groups in total. The summed E-state index contributed by atoms with van der Waals surface area (Å²) < 4.78 is 0. The van der Waals surface area contributed by atoms with Crippen molar-refractivity contribution >= 4 is 27.8 Å². The smallest absolute Gasteiger partial charge is 0.185 e. The summed E-state index contributed by atoms with van der Waals surface area (Å²) >= 11 is 3.28. The number of anilines is 1. The first-order chi connectivity index (χ1) is 8.08. The van der Waals surface area contributed by atoms with Crippen LogP contribution in [-0.2, 0) is 6.54 Å². The second-order valence-electron chi connectivity index (χ2n) is 4.07. The minimum absolute atomic E-state index is 0.0499. The minimum Gasteiger partial charge on any atom is -0.345 e. The first kappa shape index (κ1) is 12.5. The second kappa shape index (κ2) is 5.12. The molecule has 2 aromatic heterocycles. The highest BCUT2D eigenvalue weighted by Crippen LogP contribution is 2.29. The molecular weight excluding hydrogens is 252 g/mol. The Kier molecular flexibility index (Phi) is 3.76. The van der Waals surface area contributed by atoms with Crippen molar-refractivity contribution in [1.82, 2.24) is 9.97 Å².